The maximum absolute atomic E-state index is 11.0. The van der Waals surface area contributed by atoms with Crippen LogP contribution in [0.15, 0.2) is 24.3 Å². The van der Waals surface area contributed by atoms with Gasteiger partial charge in [0.25, 0.3) is 5.69 Å². The number of benzene rings is 1. The summed E-state index contributed by atoms with van der Waals surface area (Å²) in [4.78, 5) is 21.1. The molecule has 0 aliphatic rings. The first-order chi connectivity index (χ1) is 6.65. The number of nitrogens with two attached hydrogens (primary N) is 1. The molecule has 1 rings (SSSR count). The largest absolute Gasteiger partial charge is 0.324 e. The summed E-state index contributed by atoms with van der Waals surface area (Å²) in [6.07, 6.45) is 0.0215. The van der Waals surface area contributed by atoms with E-state index in [4.69, 9.17) is 5.73 Å². The Bertz CT molecular complexity index is 363. The van der Waals surface area contributed by atoms with Gasteiger partial charge in [0, 0.05) is 18.1 Å². The van der Waals surface area contributed by atoms with Gasteiger partial charge in [-0.15, -0.1) is 0 Å². The smallest absolute Gasteiger partial charge is 0.273 e. The highest BCUT2D eigenvalue weighted by Crippen LogP contribution is 2.17. The fraction of sp³-hybridized carbons (Fsp3) is 0.222. The summed E-state index contributed by atoms with van der Waals surface area (Å²) in [5.41, 5.74) is 5.50. The third-order valence-electron chi connectivity index (χ3n) is 1.80. The fourth-order valence-corrected chi connectivity index (χ4v) is 1.12. The van der Waals surface area contributed by atoms with Gasteiger partial charge in [-0.2, -0.15) is 0 Å². The second-order valence-corrected chi connectivity index (χ2v) is 2.81. The van der Waals surface area contributed by atoms with Gasteiger partial charge in [-0.25, -0.2) is 0 Å². The summed E-state index contributed by atoms with van der Waals surface area (Å²) in [7, 11) is 0. The Morgan fingerprint density at radius 2 is 2.07 bits per heavy atom. The molecule has 0 fully saturated rings. The van der Waals surface area contributed by atoms with Crippen molar-refractivity contribution in [2.24, 2.45) is 5.73 Å². The molecule has 2 N–H and O–H groups in total. The number of nitrogens with zero attached hydrogens (tertiary/aromatic N) is 1. The molecule has 0 aromatic heterocycles. The summed E-state index contributed by atoms with van der Waals surface area (Å²) in [5.74, 6) is -0.209. The van der Waals surface area contributed by atoms with Gasteiger partial charge in [0.15, 0.2) is 5.78 Å². The monoisotopic (exact) mass is 194 g/mol. The van der Waals surface area contributed by atoms with E-state index in [0.29, 0.717) is 5.56 Å². The second-order valence-electron chi connectivity index (χ2n) is 2.81. The van der Waals surface area contributed by atoms with Gasteiger partial charge in [0.1, 0.15) is 0 Å². The molecule has 74 valence electrons. The summed E-state index contributed by atoms with van der Waals surface area (Å²) in [6, 6.07) is 6.16. The van der Waals surface area contributed by atoms with Crippen molar-refractivity contribution in [3.63, 3.8) is 0 Å². The minimum atomic E-state index is -0.501. The molecule has 1 aromatic rings. The van der Waals surface area contributed by atoms with Crippen LogP contribution < -0.4 is 5.73 Å². The van der Waals surface area contributed by atoms with E-state index in [1.54, 1.807) is 18.2 Å². The number of nitro groups is 1. The quantitative estimate of drug-likeness (QED) is 0.563. The molecule has 0 heterocycles. The molecule has 0 saturated carbocycles. The maximum Gasteiger partial charge on any atom is 0.273 e. The summed E-state index contributed by atoms with van der Waals surface area (Å²) < 4.78 is 0. The summed E-state index contributed by atoms with van der Waals surface area (Å²) in [6.45, 7) is -0.0912. The lowest BCUT2D eigenvalue weighted by Gasteiger charge is -2.00. The number of carbonyl (C=O) groups is 1. The Morgan fingerprint density at radius 1 is 1.43 bits per heavy atom. The van der Waals surface area contributed by atoms with E-state index in [1.165, 1.54) is 6.07 Å². The van der Waals surface area contributed by atoms with Crippen LogP contribution in [-0.2, 0) is 11.2 Å². The lowest BCUT2D eigenvalue weighted by molar-refractivity contribution is -0.385. The van der Waals surface area contributed by atoms with E-state index >= 15 is 0 Å². The predicted molar refractivity (Wildman–Crippen MR) is 50.9 cm³/mol. The van der Waals surface area contributed by atoms with Crippen molar-refractivity contribution in [1.82, 2.24) is 0 Å². The first-order valence-electron chi connectivity index (χ1n) is 4.09. The number of nitro benzene ring substituents is 1. The third kappa shape index (κ3) is 2.37. The Balaban J connectivity index is 2.95. The molecular weight excluding hydrogens is 184 g/mol. The van der Waals surface area contributed by atoms with Gasteiger partial charge in [-0.05, 0) is 0 Å². The van der Waals surface area contributed by atoms with Crippen LogP contribution >= 0.6 is 0 Å². The van der Waals surface area contributed by atoms with Gasteiger partial charge >= 0.3 is 0 Å². The zero-order valence-electron chi connectivity index (χ0n) is 7.47. The Kier molecular flexibility index (Phi) is 3.30. The van der Waals surface area contributed by atoms with Crippen molar-refractivity contribution >= 4 is 11.5 Å². The van der Waals surface area contributed by atoms with Gasteiger partial charge in [0.2, 0.25) is 0 Å². The second kappa shape index (κ2) is 4.48. The minimum absolute atomic E-state index is 0.0215. The zero-order chi connectivity index (χ0) is 10.6. The van der Waals surface area contributed by atoms with Gasteiger partial charge in [-0.3, -0.25) is 14.9 Å². The first-order valence-corrected chi connectivity index (χ1v) is 4.09. The van der Waals surface area contributed by atoms with Crippen LogP contribution in [0.4, 0.5) is 5.69 Å². The normalized spacial score (nSPS) is 9.79. The standard InChI is InChI=1S/C9H10N2O3/c10-6-8(12)5-7-3-1-2-4-9(7)11(13)14/h1-4H,5-6,10H2. The number of para-hydroxylation sites is 1. The molecule has 0 aliphatic heterocycles. The van der Waals surface area contributed by atoms with E-state index in [9.17, 15) is 14.9 Å². The number of hydrogen-bond donors (Lipinski definition) is 1. The number of ketones is 1. The highest BCUT2D eigenvalue weighted by atomic mass is 16.6. The molecule has 0 spiro atoms. The van der Waals surface area contributed by atoms with E-state index < -0.39 is 4.92 Å². The van der Waals surface area contributed by atoms with E-state index in [-0.39, 0.29) is 24.4 Å². The highest BCUT2D eigenvalue weighted by Gasteiger charge is 2.14. The van der Waals surface area contributed by atoms with Gasteiger partial charge in [-0.1, -0.05) is 18.2 Å². The van der Waals surface area contributed by atoms with Crippen molar-refractivity contribution in [2.75, 3.05) is 6.54 Å². The maximum atomic E-state index is 11.0. The fourth-order valence-electron chi connectivity index (χ4n) is 1.12. The number of hydrogen-bond acceptors (Lipinski definition) is 4. The zero-order valence-corrected chi connectivity index (χ0v) is 7.47. The third-order valence-corrected chi connectivity index (χ3v) is 1.80. The SMILES string of the molecule is NCC(=O)Cc1ccccc1[N+](=O)[O-]. The number of rotatable bonds is 4. The predicted octanol–water partition coefficient (Wildman–Crippen LogP) is 0.665. The van der Waals surface area contributed by atoms with Crippen LogP contribution in [0.5, 0.6) is 0 Å². The Hall–Kier alpha value is -1.75. The van der Waals surface area contributed by atoms with Crippen molar-refractivity contribution in [3.8, 4) is 0 Å². The van der Waals surface area contributed by atoms with E-state index in [0.717, 1.165) is 0 Å². The summed E-state index contributed by atoms with van der Waals surface area (Å²) in [5, 5.41) is 10.6. The molecule has 14 heavy (non-hydrogen) atoms. The highest BCUT2D eigenvalue weighted by molar-refractivity contribution is 5.83. The molecular formula is C9H10N2O3. The first kappa shape index (κ1) is 10.3. The lowest BCUT2D eigenvalue weighted by atomic mass is 10.1. The van der Waals surface area contributed by atoms with Crippen molar-refractivity contribution < 1.29 is 9.72 Å². The van der Waals surface area contributed by atoms with Crippen molar-refractivity contribution in [1.29, 1.82) is 0 Å². The van der Waals surface area contributed by atoms with Crippen LogP contribution in [0.2, 0.25) is 0 Å². The Morgan fingerprint density at radius 3 is 2.64 bits per heavy atom. The van der Waals surface area contributed by atoms with Crippen LogP contribution in [0, 0.1) is 10.1 Å². The number of Topliss-reactive ketones (excluding diaryl/α,β-unsaturated/α-hetero) is 1. The lowest BCUT2D eigenvalue weighted by Crippen LogP contribution is -2.16. The molecule has 0 saturated heterocycles. The number of carbonyl (C=O) groups excluding carboxylic acids is 1. The Labute approximate surface area is 80.7 Å². The molecule has 0 aliphatic carbocycles. The molecule has 0 atom stereocenters. The van der Waals surface area contributed by atoms with Crippen LogP contribution in [-0.4, -0.2) is 17.3 Å². The van der Waals surface area contributed by atoms with Crippen LogP contribution in [0.3, 0.4) is 0 Å². The topological polar surface area (TPSA) is 86.2 Å². The molecule has 0 unspecified atom stereocenters. The van der Waals surface area contributed by atoms with E-state index in [1.807, 2.05) is 0 Å². The average Bonchev–Trinajstić information content (AvgIpc) is 2.18. The molecule has 0 amide bonds. The molecule has 1 aromatic carbocycles. The molecule has 5 heteroatoms. The van der Waals surface area contributed by atoms with E-state index in [2.05, 4.69) is 0 Å². The molecule has 5 nitrogen and oxygen atoms in total. The summed E-state index contributed by atoms with van der Waals surface area (Å²) >= 11 is 0. The van der Waals surface area contributed by atoms with Crippen molar-refractivity contribution in [3.05, 3.63) is 39.9 Å². The van der Waals surface area contributed by atoms with Crippen molar-refractivity contribution in [2.45, 2.75) is 6.42 Å². The minimum Gasteiger partial charge on any atom is -0.324 e. The van der Waals surface area contributed by atoms with Gasteiger partial charge in [0.05, 0.1) is 11.5 Å². The van der Waals surface area contributed by atoms with Crippen LogP contribution in [0.25, 0.3) is 0 Å². The molecule has 0 bridgehead atoms. The van der Waals surface area contributed by atoms with Crippen LogP contribution in [0.1, 0.15) is 5.56 Å². The molecule has 0 radical (unpaired) electrons. The van der Waals surface area contributed by atoms with Gasteiger partial charge < -0.3 is 5.73 Å². The average molecular weight is 194 g/mol.